The van der Waals surface area contributed by atoms with Crippen molar-refractivity contribution < 1.29 is 15.0 Å². The highest BCUT2D eigenvalue weighted by atomic mass is 16.3. The molecule has 22 heavy (non-hydrogen) atoms. The molecule has 0 radical (unpaired) electrons. The lowest BCUT2D eigenvalue weighted by Crippen LogP contribution is -2.17. The number of aliphatic hydroxyl groups is 2. The van der Waals surface area contributed by atoms with Crippen LogP contribution in [0.2, 0.25) is 0 Å². The summed E-state index contributed by atoms with van der Waals surface area (Å²) in [5.74, 6) is -0.234. The van der Waals surface area contributed by atoms with Gasteiger partial charge in [-0.05, 0) is 37.1 Å². The predicted octanol–water partition coefficient (Wildman–Crippen LogP) is 2.79. The maximum absolute atomic E-state index is 11.6. The number of benzene rings is 2. The van der Waals surface area contributed by atoms with Gasteiger partial charge in [-0.2, -0.15) is 0 Å². The Morgan fingerprint density at radius 1 is 1.00 bits per heavy atom. The molecular formula is C18H21NO3. The van der Waals surface area contributed by atoms with E-state index in [4.69, 9.17) is 5.11 Å². The molecule has 0 bridgehead atoms. The van der Waals surface area contributed by atoms with Crippen molar-refractivity contribution in [1.29, 1.82) is 0 Å². The Balaban J connectivity index is 2.05. The summed E-state index contributed by atoms with van der Waals surface area (Å²) in [6, 6.07) is 14.8. The van der Waals surface area contributed by atoms with Crippen molar-refractivity contribution in [3.05, 3.63) is 65.2 Å². The van der Waals surface area contributed by atoms with Gasteiger partial charge in [0.25, 0.3) is 0 Å². The summed E-state index contributed by atoms with van der Waals surface area (Å²) >= 11 is 0. The highest BCUT2D eigenvalue weighted by molar-refractivity contribution is 5.90. The number of carbonyl (C=O) groups excluding carboxylic acids is 1. The van der Waals surface area contributed by atoms with Gasteiger partial charge in [-0.3, -0.25) is 4.79 Å². The van der Waals surface area contributed by atoms with E-state index in [0.29, 0.717) is 5.69 Å². The van der Waals surface area contributed by atoms with E-state index in [1.54, 1.807) is 31.2 Å². The molecule has 0 aromatic heterocycles. The predicted molar refractivity (Wildman–Crippen MR) is 86.6 cm³/mol. The third kappa shape index (κ3) is 4.41. The molecule has 0 spiro atoms. The van der Waals surface area contributed by atoms with Crippen molar-refractivity contribution in [2.45, 2.75) is 32.5 Å². The normalized spacial score (nSPS) is 13.5. The van der Waals surface area contributed by atoms with Crippen LogP contribution in [0.5, 0.6) is 0 Å². The molecule has 4 nitrogen and oxygen atoms in total. The molecule has 2 rings (SSSR count). The van der Waals surface area contributed by atoms with Gasteiger partial charge in [0, 0.05) is 5.69 Å². The van der Waals surface area contributed by atoms with E-state index in [9.17, 15) is 9.90 Å². The summed E-state index contributed by atoms with van der Waals surface area (Å²) in [5, 5.41) is 22.2. The lowest BCUT2D eigenvalue weighted by molar-refractivity contribution is -0.117. The van der Waals surface area contributed by atoms with E-state index < -0.39 is 12.2 Å². The number of amides is 1. The van der Waals surface area contributed by atoms with E-state index >= 15 is 0 Å². The number of carbonyl (C=O) groups is 1. The van der Waals surface area contributed by atoms with Crippen LogP contribution in [-0.4, -0.2) is 22.2 Å². The molecule has 0 heterocycles. The quantitative estimate of drug-likeness (QED) is 0.795. The number of anilines is 1. The van der Waals surface area contributed by atoms with Gasteiger partial charge in [0.15, 0.2) is 0 Å². The average molecular weight is 299 g/mol. The van der Waals surface area contributed by atoms with Crippen molar-refractivity contribution in [2.75, 3.05) is 5.32 Å². The number of aryl methyl sites for hydroxylation is 1. The Bertz CT molecular complexity index is 618. The zero-order valence-electron chi connectivity index (χ0n) is 12.8. The maximum Gasteiger partial charge on any atom is 0.226 e. The molecule has 0 aliphatic rings. The van der Waals surface area contributed by atoms with Crippen LogP contribution >= 0.6 is 0 Å². The Kier molecular flexibility index (Phi) is 5.31. The van der Waals surface area contributed by atoms with Crippen LogP contribution in [0.1, 0.15) is 36.1 Å². The molecule has 0 aliphatic carbocycles. The lowest BCUT2D eigenvalue weighted by Gasteiger charge is -2.13. The molecule has 2 aromatic carbocycles. The van der Waals surface area contributed by atoms with E-state index in [2.05, 4.69) is 5.32 Å². The minimum absolute atomic E-state index is 0.0632. The van der Waals surface area contributed by atoms with Gasteiger partial charge in [0.1, 0.15) is 6.10 Å². The van der Waals surface area contributed by atoms with Crippen molar-refractivity contribution >= 4 is 11.6 Å². The van der Waals surface area contributed by atoms with Crippen molar-refractivity contribution in [3.63, 3.8) is 0 Å². The highest BCUT2D eigenvalue weighted by Gasteiger charge is 2.11. The number of aliphatic hydroxyl groups excluding tert-OH is 2. The fraction of sp³-hybridized carbons (Fsp3) is 0.278. The fourth-order valence-electron chi connectivity index (χ4n) is 2.17. The Morgan fingerprint density at radius 3 is 2.00 bits per heavy atom. The average Bonchev–Trinajstić information content (AvgIpc) is 2.47. The molecule has 0 aliphatic heterocycles. The fourth-order valence-corrected chi connectivity index (χ4v) is 2.17. The Morgan fingerprint density at radius 2 is 1.50 bits per heavy atom. The summed E-state index contributed by atoms with van der Waals surface area (Å²) in [6.07, 6.45) is -1.29. The summed E-state index contributed by atoms with van der Waals surface area (Å²) in [5.41, 5.74) is 3.38. The molecule has 2 unspecified atom stereocenters. The second kappa shape index (κ2) is 7.20. The molecule has 0 saturated carbocycles. The van der Waals surface area contributed by atoms with Gasteiger partial charge in [-0.1, -0.05) is 42.0 Å². The zero-order chi connectivity index (χ0) is 16.1. The van der Waals surface area contributed by atoms with Crippen LogP contribution in [0, 0.1) is 6.92 Å². The van der Waals surface area contributed by atoms with Crippen LogP contribution in [0.4, 0.5) is 5.69 Å². The molecule has 0 fully saturated rings. The summed E-state index contributed by atoms with van der Waals surface area (Å²) in [6.45, 7) is 3.57. The smallest absolute Gasteiger partial charge is 0.226 e. The molecule has 2 aromatic rings. The molecule has 0 saturated heterocycles. The highest BCUT2D eigenvalue weighted by Crippen LogP contribution is 2.23. The number of hydrogen-bond donors (Lipinski definition) is 3. The monoisotopic (exact) mass is 299 g/mol. The molecular weight excluding hydrogens is 278 g/mol. The zero-order valence-corrected chi connectivity index (χ0v) is 12.8. The first-order valence-electron chi connectivity index (χ1n) is 7.28. The lowest BCUT2D eigenvalue weighted by atomic mass is 10.0. The first-order valence-corrected chi connectivity index (χ1v) is 7.28. The van der Waals surface area contributed by atoms with Gasteiger partial charge in [0.2, 0.25) is 5.91 Å². The van der Waals surface area contributed by atoms with E-state index in [1.165, 1.54) is 0 Å². The van der Waals surface area contributed by atoms with Crippen LogP contribution in [-0.2, 0) is 4.79 Å². The molecule has 2 atom stereocenters. The van der Waals surface area contributed by atoms with Crippen molar-refractivity contribution in [2.24, 2.45) is 0 Å². The van der Waals surface area contributed by atoms with Crippen LogP contribution in [0.25, 0.3) is 0 Å². The third-order valence-corrected chi connectivity index (χ3v) is 3.38. The van der Waals surface area contributed by atoms with Gasteiger partial charge >= 0.3 is 0 Å². The van der Waals surface area contributed by atoms with Crippen molar-refractivity contribution in [3.8, 4) is 0 Å². The van der Waals surface area contributed by atoms with E-state index in [1.807, 2.05) is 31.2 Å². The van der Waals surface area contributed by atoms with Gasteiger partial charge in [0.05, 0.1) is 12.5 Å². The Labute approximate surface area is 130 Å². The van der Waals surface area contributed by atoms with Crippen LogP contribution < -0.4 is 5.32 Å². The summed E-state index contributed by atoms with van der Waals surface area (Å²) in [4.78, 5) is 11.6. The summed E-state index contributed by atoms with van der Waals surface area (Å²) in [7, 11) is 0. The first kappa shape index (κ1) is 16.2. The third-order valence-electron chi connectivity index (χ3n) is 3.38. The largest absolute Gasteiger partial charge is 0.393 e. The molecule has 1 amide bonds. The number of hydrogen-bond acceptors (Lipinski definition) is 3. The second-order valence-electron chi connectivity index (χ2n) is 5.54. The molecule has 4 heteroatoms. The summed E-state index contributed by atoms with van der Waals surface area (Å²) < 4.78 is 0. The number of rotatable bonds is 5. The Hall–Kier alpha value is -2.17. The maximum atomic E-state index is 11.6. The molecule has 116 valence electrons. The van der Waals surface area contributed by atoms with Crippen molar-refractivity contribution in [1.82, 2.24) is 0 Å². The standard InChI is InChI=1S/C18H21NO3/c1-12-3-5-14(6-4-12)18(22)15-7-9-16(10-8-15)19-17(21)11-13(2)20/h3-10,13,18,20,22H,11H2,1-2H3,(H,19,21). The first-order chi connectivity index (χ1) is 10.5. The number of nitrogens with one attached hydrogen (secondary N) is 1. The van der Waals surface area contributed by atoms with Crippen LogP contribution in [0.3, 0.4) is 0 Å². The van der Waals surface area contributed by atoms with Gasteiger partial charge in [-0.25, -0.2) is 0 Å². The molecule has 3 N–H and O–H groups in total. The van der Waals surface area contributed by atoms with Gasteiger partial charge < -0.3 is 15.5 Å². The second-order valence-corrected chi connectivity index (χ2v) is 5.54. The van der Waals surface area contributed by atoms with E-state index in [-0.39, 0.29) is 12.3 Å². The minimum atomic E-state index is -0.692. The van der Waals surface area contributed by atoms with Gasteiger partial charge in [-0.15, -0.1) is 0 Å². The SMILES string of the molecule is Cc1ccc(C(O)c2ccc(NC(=O)CC(C)O)cc2)cc1. The topological polar surface area (TPSA) is 69.6 Å². The van der Waals surface area contributed by atoms with E-state index in [0.717, 1.165) is 16.7 Å². The van der Waals surface area contributed by atoms with Crippen LogP contribution in [0.15, 0.2) is 48.5 Å². The minimum Gasteiger partial charge on any atom is -0.393 e.